The standard InChI is InChI=1S/C10H19N3O2S/c1-3-13(10-5-4-6-12-8-10)16(14,15)9(2)7-11/h9-10,12H,3-6,8H2,1-2H3. The van der Waals surface area contributed by atoms with Crippen LogP contribution >= 0.6 is 0 Å². The quantitative estimate of drug-likeness (QED) is 0.773. The second-order valence-electron chi connectivity index (χ2n) is 4.02. The van der Waals surface area contributed by atoms with Crippen LogP contribution in [-0.4, -0.2) is 43.6 Å². The van der Waals surface area contributed by atoms with Crippen LogP contribution in [0, 0.1) is 11.3 Å². The fourth-order valence-electron chi connectivity index (χ4n) is 1.99. The Morgan fingerprint density at radius 3 is 2.75 bits per heavy atom. The Kier molecular flexibility index (Phi) is 4.71. The number of nitrogens with zero attached hydrogens (tertiary/aromatic N) is 2. The number of nitriles is 1. The number of piperidine rings is 1. The van der Waals surface area contributed by atoms with Crippen molar-refractivity contribution in [3.05, 3.63) is 0 Å². The van der Waals surface area contributed by atoms with Crippen molar-refractivity contribution in [3.8, 4) is 6.07 Å². The molecule has 1 aliphatic heterocycles. The van der Waals surface area contributed by atoms with Crippen molar-refractivity contribution in [2.45, 2.75) is 38.0 Å². The minimum absolute atomic E-state index is 0.000417. The van der Waals surface area contributed by atoms with Crippen LogP contribution in [-0.2, 0) is 10.0 Å². The lowest BCUT2D eigenvalue weighted by Gasteiger charge is -2.33. The molecule has 6 heteroatoms. The third-order valence-electron chi connectivity index (χ3n) is 2.95. The average molecular weight is 245 g/mol. The fraction of sp³-hybridized carbons (Fsp3) is 0.900. The van der Waals surface area contributed by atoms with Crippen LogP contribution in [0.3, 0.4) is 0 Å². The van der Waals surface area contributed by atoms with Crippen molar-refractivity contribution in [1.29, 1.82) is 5.26 Å². The summed E-state index contributed by atoms with van der Waals surface area (Å²) in [5.41, 5.74) is 0. The van der Waals surface area contributed by atoms with Gasteiger partial charge >= 0.3 is 0 Å². The van der Waals surface area contributed by atoms with E-state index in [1.54, 1.807) is 0 Å². The van der Waals surface area contributed by atoms with Gasteiger partial charge in [0, 0.05) is 19.1 Å². The first-order valence-electron chi connectivity index (χ1n) is 5.65. The zero-order chi connectivity index (χ0) is 12.2. The van der Waals surface area contributed by atoms with Gasteiger partial charge in [0.15, 0.2) is 5.25 Å². The van der Waals surface area contributed by atoms with E-state index in [4.69, 9.17) is 5.26 Å². The molecule has 16 heavy (non-hydrogen) atoms. The monoisotopic (exact) mass is 245 g/mol. The summed E-state index contributed by atoms with van der Waals surface area (Å²) in [7, 11) is -3.47. The van der Waals surface area contributed by atoms with Gasteiger partial charge in [0.05, 0.1) is 6.07 Å². The van der Waals surface area contributed by atoms with E-state index in [0.29, 0.717) is 13.1 Å². The summed E-state index contributed by atoms with van der Waals surface area (Å²) < 4.78 is 25.6. The average Bonchev–Trinajstić information content (AvgIpc) is 2.30. The van der Waals surface area contributed by atoms with E-state index < -0.39 is 15.3 Å². The maximum atomic E-state index is 12.1. The highest BCUT2D eigenvalue weighted by atomic mass is 32.2. The van der Waals surface area contributed by atoms with Crippen LogP contribution in [0.2, 0.25) is 0 Å². The number of hydrogen-bond donors (Lipinski definition) is 1. The topological polar surface area (TPSA) is 73.2 Å². The lowest BCUT2D eigenvalue weighted by atomic mass is 10.1. The summed E-state index contributed by atoms with van der Waals surface area (Å²) in [6.45, 7) is 5.32. The molecule has 1 N–H and O–H groups in total. The first-order valence-corrected chi connectivity index (χ1v) is 7.15. The predicted molar refractivity (Wildman–Crippen MR) is 62.3 cm³/mol. The molecular formula is C10H19N3O2S. The van der Waals surface area contributed by atoms with Gasteiger partial charge < -0.3 is 5.32 Å². The van der Waals surface area contributed by atoms with Crippen molar-refractivity contribution in [2.75, 3.05) is 19.6 Å². The Balaban J connectivity index is 2.85. The van der Waals surface area contributed by atoms with Crippen LogP contribution in [0.1, 0.15) is 26.7 Å². The molecule has 0 bridgehead atoms. The van der Waals surface area contributed by atoms with E-state index in [1.807, 2.05) is 13.0 Å². The zero-order valence-electron chi connectivity index (χ0n) is 9.81. The SMILES string of the molecule is CCN(C1CCCNC1)S(=O)(=O)C(C)C#N. The summed E-state index contributed by atoms with van der Waals surface area (Å²) in [4.78, 5) is 0. The maximum absolute atomic E-state index is 12.1. The van der Waals surface area contributed by atoms with Gasteiger partial charge in [-0.25, -0.2) is 8.42 Å². The Morgan fingerprint density at radius 1 is 1.62 bits per heavy atom. The first-order chi connectivity index (χ1) is 7.54. The number of rotatable bonds is 4. The Hall–Kier alpha value is -0.640. The van der Waals surface area contributed by atoms with Crippen LogP contribution < -0.4 is 5.32 Å². The molecule has 1 aliphatic rings. The minimum atomic E-state index is -3.47. The molecule has 1 saturated heterocycles. The largest absolute Gasteiger partial charge is 0.315 e. The van der Waals surface area contributed by atoms with Gasteiger partial charge in [0.25, 0.3) is 0 Å². The third kappa shape index (κ3) is 2.73. The molecule has 1 rings (SSSR count). The molecule has 5 nitrogen and oxygen atoms in total. The van der Waals surface area contributed by atoms with Gasteiger partial charge in [0.1, 0.15) is 0 Å². The molecule has 0 radical (unpaired) electrons. The normalized spacial score (nSPS) is 24.0. The van der Waals surface area contributed by atoms with Crippen molar-refractivity contribution in [1.82, 2.24) is 9.62 Å². The summed E-state index contributed by atoms with van der Waals surface area (Å²) in [5.74, 6) is 0. The van der Waals surface area contributed by atoms with Gasteiger partial charge in [0.2, 0.25) is 10.0 Å². The van der Waals surface area contributed by atoms with Crippen LogP contribution in [0.4, 0.5) is 0 Å². The van der Waals surface area contributed by atoms with E-state index >= 15 is 0 Å². The Labute approximate surface area is 97.5 Å². The molecule has 0 aromatic heterocycles. The molecule has 0 aromatic carbocycles. The molecule has 2 atom stereocenters. The van der Waals surface area contributed by atoms with E-state index in [-0.39, 0.29) is 6.04 Å². The Bertz CT molecular complexity index is 355. The maximum Gasteiger partial charge on any atom is 0.230 e. The van der Waals surface area contributed by atoms with Crippen molar-refractivity contribution in [3.63, 3.8) is 0 Å². The van der Waals surface area contributed by atoms with Crippen LogP contribution in [0.15, 0.2) is 0 Å². The van der Waals surface area contributed by atoms with Crippen LogP contribution in [0.5, 0.6) is 0 Å². The van der Waals surface area contributed by atoms with Crippen molar-refractivity contribution in [2.24, 2.45) is 0 Å². The molecular weight excluding hydrogens is 226 g/mol. The van der Waals surface area contributed by atoms with Crippen molar-refractivity contribution < 1.29 is 8.42 Å². The lowest BCUT2D eigenvalue weighted by molar-refractivity contribution is 0.273. The second-order valence-corrected chi connectivity index (χ2v) is 6.23. The molecule has 0 saturated carbocycles. The lowest BCUT2D eigenvalue weighted by Crippen LogP contribution is -2.50. The van der Waals surface area contributed by atoms with Gasteiger partial charge in [-0.15, -0.1) is 0 Å². The minimum Gasteiger partial charge on any atom is -0.315 e. The smallest absolute Gasteiger partial charge is 0.230 e. The molecule has 1 fully saturated rings. The number of nitrogens with one attached hydrogen (secondary N) is 1. The second kappa shape index (κ2) is 5.62. The molecule has 0 aromatic rings. The summed E-state index contributed by atoms with van der Waals surface area (Å²) in [5, 5.41) is 11.0. The zero-order valence-corrected chi connectivity index (χ0v) is 10.6. The predicted octanol–water partition coefficient (Wildman–Crippen LogP) is 0.302. The van der Waals surface area contributed by atoms with E-state index in [2.05, 4.69) is 5.32 Å². The highest BCUT2D eigenvalue weighted by molar-refractivity contribution is 7.90. The number of sulfonamides is 1. The molecule has 0 spiro atoms. The fourth-order valence-corrected chi connectivity index (χ4v) is 3.49. The van der Waals surface area contributed by atoms with Crippen molar-refractivity contribution >= 4 is 10.0 Å². The molecule has 0 amide bonds. The highest BCUT2D eigenvalue weighted by Crippen LogP contribution is 2.17. The number of hydrogen-bond acceptors (Lipinski definition) is 4. The highest BCUT2D eigenvalue weighted by Gasteiger charge is 2.33. The summed E-state index contributed by atoms with van der Waals surface area (Å²) in [6, 6.07) is 1.81. The summed E-state index contributed by atoms with van der Waals surface area (Å²) >= 11 is 0. The Morgan fingerprint density at radius 2 is 2.31 bits per heavy atom. The van der Waals surface area contributed by atoms with Gasteiger partial charge in [-0.2, -0.15) is 9.57 Å². The first kappa shape index (κ1) is 13.4. The summed E-state index contributed by atoms with van der Waals surface area (Å²) in [6.07, 6.45) is 1.86. The molecule has 2 unspecified atom stereocenters. The van der Waals surface area contributed by atoms with E-state index in [9.17, 15) is 8.42 Å². The van der Waals surface area contributed by atoms with Crippen LogP contribution in [0.25, 0.3) is 0 Å². The van der Waals surface area contributed by atoms with E-state index in [0.717, 1.165) is 19.4 Å². The van der Waals surface area contributed by atoms with Gasteiger partial charge in [-0.3, -0.25) is 0 Å². The number of likely N-dealkylation sites (N-methyl/N-ethyl adjacent to an activating group) is 1. The van der Waals surface area contributed by atoms with Gasteiger partial charge in [-0.1, -0.05) is 6.92 Å². The third-order valence-corrected chi connectivity index (χ3v) is 5.15. The molecule has 92 valence electrons. The van der Waals surface area contributed by atoms with Gasteiger partial charge in [-0.05, 0) is 26.3 Å². The van der Waals surface area contributed by atoms with E-state index in [1.165, 1.54) is 11.2 Å². The molecule has 0 aliphatic carbocycles. The molecule has 1 heterocycles.